The Balaban J connectivity index is 1.74. The highest BCUT2D eigenvalue weighted by Gasteiger charge is 2.29. The fraction of sp³-hybridized carbons (Fsp3) is 0.130. The topological polar surface area (TPSA) is 37.8 Å². The quantitative estimate of drug-likeness (QED) is 0.456. The lowest BCUT2D eigenvalue weighted by atomic mass is 9.76. The molecular weight excluding hydrogens is 354 g/mol. The van der Waals surface area contributed by atoms with Crippen molar-refractivity contribution in [2.75, 3.05) is 11.9 Å². The number of rotatable bonds is 5. The number of halogens is 1. The van der Waals surface area contributed by atoms with Gasteiger partial charge in [-0.25, -0.2) is 9.97 Å². The fourth-order valence-electron chi connectivity index (χ4n) is 3.43. The van der Waals surface area contributed by atoms with Crippen LogP contribution in [-0.4, -0.2) is 16.5 Å². The van der Waals surface area contributed by atoms with E-state index < -0.39 is 0 Å². The number of benzene rings is 3. The fourth-order valence-corrected chi connectivity index (χ4v) is 3.60. The Bertz CT molecular complexity index is 1010. The van der Waals surface area contributed by atoms with E-state index in [1.54, 1.807) is 0 Å². The molecule has 4 heteroatoms. The van der Waals surface area contributed by atoms with E-state index in [4.69, 9.17) is 11.6 Å². The number of para-hydroxylation sites is 1. The first-order valence-corrected chi connectivity index (χ1v) is 9.32. The van der Waals surface area contributed by atoms with E-state index in [0.29, 0.717) is 6.54 Å². The molecule has 27 heavy (non-hydrogen) atoms. The molecule has 4 aromatic rings. The molecule has 0 atom stereocenters. The SMILES string of the molecule is CC(CNc1nc(Cl)nc2ccccc12)(c1ccccc1)c1ccccc1. The van der Waals surface area contributed by atoms with Gasteiger partial charge >= 0.3 is 0 Å². The van der Waals surface area contributed by atoms with Gasteiger partial charge in [-0.1, -0.05) is 72.8 Å². The molecule has 0 aliphatic rings. The van der Waals surface area contributed by atoms with Gasteiger partial charge in [-0.2, -0.15) is 0 Å². The summed E-state index contributed by atoms with van der Waals surface area (Å²) in [5, 5.41) is 4.74. The summed E-state index contributed by atoms with van der Waals surface area (Å²) in [5.41, 5.74) is 3.10. The van der Waals surface area contributed by atoms with Crippen LogP contribution in [0.2, 0.25) is 5.28 Å². The molecule has 0 saturated carbocycles. The van der Waals surface area contributed by atoms with E-state index >= 15 is 0 Å². The van der Waals surface area contributed by atoms with Crippen LogP contribution in [-0.2, 0) is 5.41 Å². The molecule has 0 fully saturated rings. The number of aromatic nitrogens is 2. The Labute approximate surface area is 164 Å². The zero-order chi connectivity index (χ0) is 18.7. The van der Waals surface area contributed by atoms with Gasteiger partial charge < -0.3 is 5.32 Å². The molecular formula is C23H20ClN3. The van der Waals surface area contributed by atoms with Gasteiger partial charge in [-0.3, -0.25) is 0 Å². The zero-order valence-corrected chi connectivity index (χ0v) is 15.8. The van der Waals surface area contributed by atoms with Crippen LogP contribution in [0.5, 0.6) is 0 Å². The summed E-state index contributed by atoms with van der Waals surface area (Å²) in [6.07, 6.45) is 0. The van der Waals surface area contributed by atoms with Crippen LogP contribution < -0.4 is 5.32 Å². The maximum atomic E-state index is 6.15. The Hall–Kier alpha value is -2.91. The number of hydrogen-bond acceptors (Lipinski definition) is 3. The van der Waals surface area contributed by atoms with Crippen molar-refractivity contribution in [2.24, 2.45) is 0 Å². The van der Waals surface area contributed by atoms with Crippen molar-refractivity contribution in [3.63, 3.8) is 0 Å². The second-order valence-electron chi connectivity index (χ2n) is 6.78. The Morgan fingerprint density at radius 1 is 0.778 bits per heavy atom. The summed E-state index contributed by atoms with van der Waals surface area (Å²) in [7, 11) is 0. The van der Waals surface area contributed by atoms with Crippen LogP contribution in [0.3, 0.4) is 0 Å². The highest BCUT2D eigenvalue weighted by atomic mass is 35.5. The lowest BCUT2D eigenvalue weighted by molar-refractivity contribution is 0.603. The van der Waals surface area contributed by atoms with Gasteiger partial charge in [0.15, 0.2) is 0 Å². The molecule has 0 aliphatic heterocycles. The lowest BCUT2D eigenvalue weighted by Crippen LogP contribution is -2.32. The molecule has 0 aliphatic carbocycles. The average Bonchev–Trinajstić information content (AvgIpc) is 2.73. The second-order valence-corrected chi connectivity index (χ2v) is 7.11. The molecule has 134 valence electrons. The minimum Gasteiger partial charge on any atom is -0.368 e. The highest BCUT2D eigenvalue weighted by molar-refractivity contribution is 6.28. The van der Waals surface area contributed by atoms with E-state index in [0.717, 1.165) is 16.7 Å². The van der Waals surface area contributed by atoms with E-state index in [1.807, 2.05) is 36.4 Å². The van der Waals surface area contributed by atoms with Crippen molar-refractivity contribution in [2.45, 2.75) is 12.3 Å². The first kappa shape index (κ1) is 17.5. The van der Waals surface area contributed by atoms with E-state index in [9.17, 15) is 0 Å². The lowest BCUT2D eigenvalue weighted by Gasteiger charge is -2.31. The molecule has 1 heterocycles. The molecule has 1 aromatic heterocycles. The molecule has 0 bridgehead atoms. The van der Waals surface area contributed by atoms with Gasteiger partial charge in [0.2, 0.25) is 5.28 Å². The summed E-state index contributed by atoms with van der Waals surface area (Å²) >= 11 is 6.15. The molecule has 0 saturated heterocycles. The standard InChI is InChI=1S/C23H20ClN3/c1-23(17-10-4-2-5-11-17,18-12-6-3-7-13-18)16-25-21-19-14-8-9-15-20(19)26-22(24)27-21/h2-15H,16H2,1H3,(H,25,26,27). The Kier molecular flexibility index (Phi) is 4.78. The molecule has 0 spiro atoms. The van der Waals surface area contributed by atoms with Crippen molar-refractivity contribution in [3.8, 4) is 0 Å². The monoisotopic (exact) mass is 373 g/mol. The predicted molar refractivity (Wildman–Crippen MR) is 112 cm³/mol. The maximum Gasteiger partial charge on any atom is 0.224 e. The minimum atomic E-state index is -0.221. The number of nitrogens with one attached hydrogen (secondary N) is 1. The van der Waals surface area contributed by atoms with Crippen LogP contribution in [0.1, 0.15) is 18.1 Å². The molecule has 0 unspecified atom stereocenters. The number of nitrogens with zero attached hydrogens (tertiary/aromatic N) is 2. The Morgan fingerprint density at radius 2 is 1.33 bits per heavy atom. The van der Waals surface area contributed by atoms with Gasteiger partial charge in [0.05, 0.1) is 5.52 Å². The van der Waals surface area contributed by atoms with Gasteiger partial charge in [0, 0.05) is 17.3 Å². The summed E-state index contributed by atoms with van der Waals surface area (Å²) in [4.78, 5) is 8.75. The average molecular weight is 374 g/mol. The predicted octanol–water partition coefficient (Wildman–Crippen LogP) is 5.70. The molecule has 4 rings (SSSR count). The molecule has 0 radical (unpaired) electrons. The summed E-state index contributed by atoms with van der Waals surface area (Å²) in [6.45, 7) is 2.92. The summed E-state index contributed by atoms with van der Waals surface area (Å²) in [5.74, 6) is 0.753. The third kappa shape index (κ3) is 3.51. The summed E-state index contributed by atoms with van der Waals surface area (Å²) < 4.78 is 0. The van der Waals surface area contributed by atoms with Crippen LogP contribution in [0.25, 0.3) is 10.9 Å². The van der Waals surface area contributed by atoms with Gasteiger partial charge in [0.25, 0.3) is 0 Å². The van der Waals surface area contributed by atoms with Crippen LogP contribution in [0, 0.1) is 0 Å². The van der Waals surface area contributed by atoms with E-state index in [2.05, 4.69) is 70.7 Å². The molecule has 3 nitrogen and oxygen atoms in total. The summed E-state index contributed by atoms with van der Waals surface area (Å²) in [6, 6.07) is 28.9. The molecule has 3 aromatic carbocycles. The normalized spacial score (nSPS) is 11.5. The molecule has 1 N–H and O–H groups in total. The van der Waals surface area contributed by atoms with Crippen molar-refractivity contribution in [1.29, 1.82) is 0 Å². The van der Waals surface area contributed by atoms with Crippen molar-refractivity contribution in [1.82, 2.24) is 9.97 Å². The molecule has 0 amide bonds. The van der Waals surface area contributed by atoms with Crippen LogP contribution in [0.4, 0.5) is 5.82 Å². The van der Waals surface area contributed by atoms with Crippen molar-refractivity contribution in [3.05, 3.63) is 101 Å². The third-order valence-corrected chi connectivity index (χ3v) is 5.18. The van der Waals surface area contributed by atoms with Crippen molar-refractivity contribution < 1.29 is 0 Å². The second kappa shape index (κ2) is 7.37. The largest absolute Gasteiger partial charge is 0.368 e. The van der Waals surface area contributed by atoms with Gasteiger partial charge in [0.1, 0.15) is 5.82 Å². The van der Waals surface area contributed by atoms with Crippen molar-refractivity contribution >= 4 is 28.3 Å². The van der Waals surface area contributed by atoms with E-state index in [1.165, 1.54) is 11.1 Å². The van der Waals surface area contributed by atoms with E-state index in [-0.39, 0.29) is 10.7 Å². The zero-order valence-electron chi connectivity index (χ0n) is 15.1. The number of fused-ring (bicyclic) bond motifs is 1. The minimum absolute atomic E-state index is 0.221. The first-order chi connectivity index (χ1) is 13.2. The smallest absolute Gasteiger partial charge is 0.224 e. The van der Waals surface area contributed by atoms with Crippen LogP contribution >= 0.6 is 11.6 Å². The number of anilines is 1. The van der Waals surface area contributed by atoms with Gasteiger partial charge in [-0.05, 0) is 41.8 Å². The third-order valence-electron chi connectivity index (χ3n) is 5.01. The van der Waals surface area contributed by atoms with Gasteiger partial charge in [-0.15, -0.1) is 0 Å². The number of hydrogen-bond donors (Lipinski definition) is 1. The van der Waals surface area contributed by atoms with Crippen LogP contribution in [0.15, 0.2) is 84.9 Å². The Morgan fingerprint density at radius 3 is 1.96 bits per heavy atom. The highest BCUT2D eigenvalue weighted by Crippen LogP contribution is 2.33. The maximum absolute atomic E-state index is 6.15. The first-order valence-electron chi connectivity index (χ1n) is 8.94.